The molecule has 1 aromatic carbocycles. The van der Waals surface area contributed by atoms with Crippen molar-refractivity contribution in [3.05, 3.63) is 42.1 Å². The minimum atomic E-state index is -0.278. The second kappa shape index (κ2) is 8.43. The quantitative estimate of drug-likeness (QED) is 0.822. The van der Waals surface area contributed by atoms with Crippen molar-refractivity contribution in [1.29, 1.82) is 0 Å². The summed E-state index contributed by atoms with van der Waals surface area (Å²) < 4.78 is 12.7. The highest BCUT2D eigenvalue weighted by atomic mass is 16.5. The average Bonchev–Trinajstić information content (AvgIpc) is 3.12. The van der Waals surface area contributed by atoms with Crippen LogP contribution in [0.2, 0.25) is 0 Å². The lowest BCUT2D eigenvalue weighted by molar-refractivity contribution is -0.136. The smallest absolute Gasteiger partial charge is 0.260 e. The lowest BCUT2D eigenvalue weighted by atomic mass is 9.96. The van der Waals surface area contributed by atoms with Gasteiger partial charge in [-0.25, -0.2) is 0 Å². The standard InChI is InChI=1S/C20H24N4O4/c25-19(23-10-12-27-13-11-23)14-24-9-8-18(22-24)21-20(26)16-6-1-2-7-17(16)28-15-4-3-5-15/h1-2,6-9,15H,3-5,10-14H2,(H,21,22,26). The molecule has 2 fully saturated rings. The van der Waals surface area contributed by atoms with Crippen LogP contribution in [0.4, 0.5) is 5.82 Å². The van der Waals surface area contributed by atoms with Crippen LogP contribution in [0, 0.1) is 0 Å². The van der Waals surface area contributed by atoms with Gasteiger partial charge in [0.15, 0.2) is 5.82 Å². The zero-order valence-corrected chi connectivity index (χ0v) is 15.7. The summed E-state index contributed by atoms with van der Waals surface area (Å²) in [4.78, 5) is 26.7. The van der Waals surface area contributed by atoms with Crippen LogP contribution in [-0.4, -0.2) is 58.9 Å². The summed E-state index contributed by atoms with van der Waals surface area (Å²) in [5, 5.41) is 7.08. The maximum atomic E-state index is 12.7. The number of rotatable bonds is 6. The number of ether oxygens (including phenoxy) is 2. The first kappa shape index (κ1) is 18.5. The highest BCUT2D eigenvalue weighted by Gasteiger charge is 2.22. The van der Waals surface area contributed by atoms with E-state index in [0.717, 1.165) is 12.8 Å². The van der Waals surface area contributed by atoms with Crippen LogP contribution in [0.25, 0.3) is 0 Å². The number of carbonyl (C=O) groups is 2. The van der Waals surface area contributed by atoms with Crippen molar-refractivity contribution in [2.45, 2.75) is 31.9 Å². The van der Waals surface area contributed by atoms with Crippen LogP contribution in [0.5, 0.6) is 5.75 Å². The Balaban J connectivity index is 1.37. The van der Waals surface area contributed by atoms with Gasteiger partial charge in [0.25, 0.3) is 5.91 Å². The van der Waals surface area contributed by atoms with E-state index in [1.807, 2.05) is 18.2 Å². The summed E-state index contributed by atoms with van der Waals surface area (Å²) in [5.74, 6) is 0.702. The minimum Gasteiger partial charge on any atom is -0.490 e. The normalized spacial score (nSPS) is 17.1. The predicted molar refractivity (Wildman–Crippen MR) is 102 cm³/mol. The molecule has 8 heteroatoms. The van der Waals surface area contributed by atoms with Gasteiger partial charge in [-0.2, -0.15) is 5.10 Å². The molecule has 0 bridgehead atoms. The first-order valence-electron chi connectivity index (χ1n) is 9.65. The molecule has 1 saturated heterocycles. The molecule has 0 atom stereocenters. The monoisotopic (exact) mass is 384 g/mol. The molecule has 0 unspecified atom stereocenters. The van der Waals surface area contributed by atoms with Gasteiger partial charge in [-0.15, -0.1) is 0 Å². The van der Waals surface area contributed by atoms with Gasteiger partial charge >= 0.3 is 0 Å². The Morgan fingerprint density at radius 3 is 2.71 bits per heavy atom. The fourth-order valence-corrected chi connectivity index (χ4v) is 3.18. The number of hydrogen-bond donors (Lipinski definition) is 1. The molecule has 1 aliphatic heterocycles. The molecule has 2 heterocycles. The molecule has 1 N–H and O–H groups in total. The lowest BCUT2D eigenvalue weighted by Gasteiger charge is -2.27. The highest BCUT2D eigenvalue weighted by Crippen LogP contribution is 2.28. The number of amides is 2. The molecule has 1 aromatic heterocycles. The molecule has 2 aliphatic rings. The van der Waals surface area contributed by atoms with Crippen LogP contribution in [-0.2, 0) is 16.1 Å². The van der Waals surface area contributed by atoms with Crippen molar-refractivity contribution in [2.75, 3.05) is 31.6 Å². The van der Waals surface area contributed by atoms with Crippen LogP contribution in [0.3, 0.4) is 0 Å². The van der Waals surface area contributed by atoms with E-state index < -0.39 is 0 Å². The second-order valence-corrected chi connectivity index (χ2v) is 7.01. The van der Waals surface area contributed by atoms with E-state index in [1.54, 1.807) is 23.2 Å². The van der Waals surface area contributed by atoms with Crippen molar-refractivity contribution in [2.24, 2.45) is 0 Å². The summed E-state index contributed by atoms with van der Waals surface area (Å²) >= 11 is 0. The first-order chi connectivity index (χ1) is 13.7. The highest BCUT2D eigenvalue weighted by molar-refractivity contribution is 6.05. The van der Waals surface area contributed by atoms with Gasteiger partial charge in [-0.3, -0.25) is 14.3 Å². The maximum Gasteiger partial charge on any atom is 0.260 e. The van der Waals surface area contributed by atoms with E-state index in [1.165, 1.54) is 11.1 Å². The minimum absolute atomic E-state index is 0.0106. The van der Waals surface area contributed by atoms with Crippen LogP contribution >= 0.6 is 0 Å². The molecule has 148 valence electrons. The number of anilines is 1. The number of aromatic nitrogens is 2. The van der Waals surface area contributed by atoms with Crippen LogP contribution in [0.15, 0.2) is 36.5 Å². The first-order valence-corrected chi connectivity index (χ1v) is 9.65. The summed E-state index contributed by atoms with van der Waals surface area (Å²) in [6, 6.07) is 8.90. The van der Waals surface area contributed by atoms with Gasteiger partial charge in [0.2, 0.25) is 5.91 Å². The number of morpholine rings is 1. The predicted octanol–water partition coefficient (Wildman–Crippen LogP) is 1.93. The van der Waals surface area contributed by atoms with Gasteiger partial charge in [0.1, 0.15) is 12.3 Å². The molecule has 8 nitrogen and oxygen atoms in total. The van der Waals surface area contributed by atoms with E-state index in [0.29, 0.717) is 43.4 Å². The Morgan fingerprint density at radius 2 is 1.96 bits per heavy atom. The van der Waals surface area contributed by atoms with Crippen molar-refractivity contribution in [1.82, 2.24) is 14.7 Å². The fourth-order valence-electron chi connectivity index (χ4n) is 3.18. The summed E-state index contributed by atoms with van der Waals surface area (Å²) in [5.41, 5.74) is 0.480. The number of nitrogens with one attached hydrogen (secondary N) is 1. The molecular weight excluding hydrogens is 360 g/mol. The molecule has 28 heavy (non-hydrogen) atoms. The number of carbonyl (C=O) groups excluding carboxylic acids is 2. The third-order valence-electron chi connectivity index (χ3n) is 5.02. The zero-order valence-electron chi connectivity index (χ0n) is 15.7. The Labute approximate surface area is 163 Å². The largest absolute Gasteiger partial charge is 0.490 e. The Kier molecular flexibility index (Phi) is 5.57. The van der Waals surface area contributed by atoms with Gasteiger partial charge in [0, 0.05) is 25.4 Å². The summed E-state index contributed by atoms with van der Waals surface area (Å²) in [7, 11) is 0. The maximum absolute atomic E-state index is 12.7. The molecule has 2 aromatic rings. The average molecular weight is 384 g/mol. The number of nitrogens with zero attached hydrogens (tertiary/aromatic N) is 3. The van der Waals surface area contributed by atoms with Gasteiger partial charge < -0.3 is 19.7 Å². The Hall–Kier alpha value is -2.87. The van der Waals surface area contributed by atoms with E-state index in [9.17, 15) is 9.59 Å². The number of para-hydroxylation sites is 1. The third-order valence-corrected chi connectivity index (χ3v) is 5.02. The van der Waals surface area contributed by atoms with Gasteiger partial charge in [0.05, 0.1) is 24.9 Å². The van der Waals surface area contributed by atoms with E-state index in [2.05, 4.69) is 10.4 Å². The van der Waals surface area contributed by atoms with Crippen LogP contribution in [0.1, 0.15) is 29.6 Å². The number of hydrogen-bond acceptors (Lipinski definition) is 5. The van der Waals surface area contributed by atoms with Gasteiger partial charge in [-0.05, 0) is 31.4 Å². The zero-order chi connectivity index (χ0) is 19.3. The van der Waals surface area contributed by atoms with Gasteiger partial charge in [-0.1, -0.05) is 12.1 Å². The van der Waals surface area contributed by atoms with Crippen molar-refractivity contribution < 1.29 is 19.1 Å². The van der Waals surface area contributed by atoms with Crippen LogP contribution < -0.4 is 10.1 Å². The van der Waals surface area contributed by atoms with Crippen molar-refractivity contribution in [3.8, 4) is 5.75 Å². The van der Waals surface area contributed by atoms with E-state index >= 15 is 0 Å². The number of benzene rings is 1. The molecule has 0 spiro atoms. The van der Waals surface area contributed by atoms with Crippen molar-refractivity contribution >= 4 is 17.6 Å². The molecule has 4 rings (SSSR count). The van der Waals surface area contributed by atoms with Crippen molar-refractivity contribution in [3.63, 3.8) is 0 Å². The fraction of sp³-hybridized carbons (Fsp3) is 0.450. The Morgan fingerprint density at radius 1 is 1.18 bits per heavy atom. The lowest BCUT2D eigenvalue weighted by Crippen LogP contribution is -2.42. The second-order valence-electron chi connectivity index (χ2n) is 7.01. The topological polar surface area (TPSA) is 85.7 Å². The molecule has 1 saturated carbocycles. The molecule has 2 amide bonds. The summed E-state index contributed by atoms with van der Waals surface area (Å²) in [6.07, 6.45) is 5.10. The third kappa shape index (κ3) is 4.33. The molecule has 0 radical (unpaired) electrons. The summed E-state index contributed by atoms with van der Waals surface area (Å²) in [6.45, 7) is 2.46. The molecular formula is C20H24N4O4. The Bertz CT molecular complexity index is 840. The molecule has 1 aliphatic carbocycles. The SMILES string of the molecule is O=C(Nc1ccn(CC(=O)N2CCOCC2)n1)c1ccccc1OC1CCC1. The van der Waals surface area contributed by atoms with E-state index in [-0.39, 0.29) is 24.5 Å². The van der Waals surface area contributed by atoms with E-state index in [4.69, 9.17) is 9.47 Å².